The number of anilines is 1. The van der Waals surface area contributed by atoms with Crippen LogP contribution in [0.3, 0.4) is 0 Å². The lowest BCUT2D eigenvalue weighted by atomic mass is 10.1. The largest absolute Gasteiger partial charge is 0.395 e. The van der Waals surface area contributed by atoms with E-state index in [-0.39, 0.29) is 12.4 Å². The molecule has 7 heteroatoms. The van der Waals surface area contributed by atoms with Crippen molar-refractivity contribution in [3.63, 3.8) is 0 Å². The van der Waals surface area contributed by atoms with Gasteiger partial charge in [0.25, 0.3) is 0 Å². The van der Waals surface area contributed by atoms with Crippen LogP contribution in [-0.4, -0.2) is 65.1 Å². The number of hydrogen-bond acceptors (Lipinski definition) is 6. The van der Waals surface area contributed by atoms with Gasteiger partial charge in [-0.2, -0.15) is 0 Å². The van der Waals surface area contributed by atoms with E-state index in [0.717, 1.165) is 36.5 Å². The number of halogens is 1. The third-order valence-corrected chi connectivity index (χ3v) is 4.81. The molecule has 1 aliphatic heterocycles. The smallest absolute Gasteiger partial charge is 0.213 e. The zero-order chi connectivity index (χ0) is 17.8. The van der Waals surface area contributed by atoms with Crippen LogP contribution >= 0.6 is 15.9 Å². The maximum atomic E-state index is 12.8. The van der Waals surface area contributed by atoms with Crippen molar-refractivity contribution in [1.29, 1.82) is 0 Å². The SMILES string of the molecule is Cc1ncc(Br)cc1C(=O)c1cccc(N2CCN(CCO)CC2)n1. The van der Waals surface area contributed by atoms with Crippen molar-refractivity contribution in [1.82, 2.24) is 14.9 Å². The molecule has 3 rings (SSSR count). The van der Waals surface area contributed by atoms with Gasteiger partial charge in [-0.25, -0.2) is 4.98 Å². The second-order valence-electron chi connectivity index (χ2n) is 6.05. The van der Waals surface area contributed by atoms with Gasteiger partial charge in [-0.3, -0.25) is 14.7 Å². The number of β-amino-alcohol motifs (C(OH)–C–C–N with tert-alkyl or cyclic N) is 1. The molecule has 2 aromatic rings. The first kappa shape index (κ1) is 18.0. The minimum Gasteiger partial charge on any atom is -0.395 e. The summed E-state index contributed by atoms with van der Waals surface area (Å²) in [5.41, 5.74) is 1.68. The number of ketones is 1. The number of aryl methyl sites for hydroxylation is 1. The molecule has 1 N–H and O–H groups in total. The van der Waals surface area contributed by atoms with Crippen molar-refractivity contribution in [2.75, 3.05) is 44.2 Å². The highest BCUT2D eigenvalue weighted by Crippen LogP contribution is 2.19. The van der Waals surface area contributed by atoms with Crippen LogP contribution in [-0.2, 0) is 0 Å². The van der Waals surface area contributed by atoms with Gasteiger partial charge in [0.15, 0.2) is 0 Å². The number of aliphatic hydroxyl groups is 1. The van der Waals surface area contributed by atoms with Gasteiger partial charge in [0.1, 0.15) is 11.5 Å². The van der Waals surface area contributed by atoms with Gasteiger partial charge in [-0.1, -0.05) is 6.07 Å². The molecule has 2 aromatic heterocycles. The summed E-state index contributed by atoms with van der Waals surface area (Å²) in [6, 6.07) is 7.34. The van der Waals surface area contributed by atoms with Crippen molar-refractivity contribution in [2.24, 2.45) is 0 Å². The lowest BCUT2D eigenvalue weighted by Crippen LogP contribution is -2.47. The van der Waals surface area contributed by atoms with E-state index >= 15 is 0 Å². The summed E-state index contributed by atoms with van der Waals surface area (Å²) in [6.45, 7) is 6.15. The van der Waals surface area contributed by atoms with Gasteiger partial charge in [-0.05, 0) is 41.1 Å². The predicted molar refractivity (Wildman–Crippen MR) is 100 cm³/mol. The molecule has 1 fully saturated rings. The molecule has 0 amide bonds. The van der Waals surface area contributed by atoms with Gasteiger partial charge in [-0.15, -0.1) is 0 Å². The fraction of sp³-hybridized carbons (Fsp3) is 0.389. The van der Waals surface area contributed by atoms with Gasteiger partial charge < -0.3 is 10.0 Å². The number of piperazine rings is 1. The van der Waals surface area contributed by atoms with Crippen LogP contribution in [0.5, 0.6) is 0 Å². The number of hydrogen-bond donors (Lipinski definition) is 1. The second kappa shape index (κ2) is 8.03. The number of aliphatic hydroxyl groups excluding tert-OH is 1. The highest BCUT2D eigenvalue weighted by Gasteiger charge is 2.20. The fourth-order valence-electron chi connectivity index (χ4n) is 2.94. The lowest BCUT2D eigenvalue weighted by Gasteiger charge is -2.35. The summed E-state index contributed by atoms with van der Waals surface area (Å²) in [4.78, 5) is 26.0. The summed E-state index contributed by atoms with van der Waals surface area (Å²) in [5, 5.41) is 9.04. The van der Waals surface area contributed by atoms with Crippen molar-refractivity contribution in [3.05, 3.63) is 51.9 Å². The Hall–Kier alpha value is -1.83. The van der Waals surface area contributed by atoms with Crippen molar-refractivity contribution in [3.8, 4) is 0 Å². The van der Waals surface area contributed by atoms with E-state index in [0.29, 0.717) is 23.5 Å². The summed E-state index contributed by atoms with van der Waals surface area (Å²) >= 11 is 3.37. The van der Waals surface area contributed by atoms with Crippen molar-refractivity contribution >= 4 is 27.5 Å². The minimum absolute atomic E-state index is 0.118. The Bertz CT molecular complexity index is 760. The molecule has 0 spiro atoms. The monoisotopic (exact) mass is 404 g/mol. The van der Waals surface area contributed by atoms with Gasteiger partial charge in [0, 0.05) is 54.7 Å². The molecule has 6 nitrogen and oxygen atoms in total. The van der Waals surface area contributed by atoms with E-state index in [1.165, 1.54) is 0 Å². The van der Waals surface area contributed by atoms with Gasteiger partial charge in [0.2, 0.25) is 5.78 Å². The first-order chi connectivity index (χ1) is 12.1. The average Bonchev–Trinajstić information content (AvgIpc) is 2.64. The quantitative estimate of drug-likeness (QED) is 0.767. The van der Waals surface area contributed by atoms with E-state index in [1.54, 1.807) is 18.3 Å². The minimum atomic E-state index is -0.118. The first-order valence-corrected chi connectivity index (χ1v) is 9.10. The first-order valence-electron chi connectivity index (χ1n) is 8.30. The number of rotatable bonds is 5. The molecular weight excluding hydrogens is 384 g/mol. The van der Waals surface area contributed by atoms with E-state index in [4.69, 9.17) is 5.11 Å². The standard InChI is InChI=1S/C18H21BrN4O2/c1-13-15(11-14(19)12-20-13)18(25)16-3-2-4-17(21-16)23-7-5-22(6-8-23)9-10-24/h2-4,11-12,24H,5-10H2,1H3. The molecule has 0 unspecified atom stereocenters. The molecule has 132 valence electrons. The van der Waals surface area contributed by atoms with Crippen LogP contribution in [0.25, 0.3) is 0 Å². The Kier molecular flexibility index (Phi) is 5.78. The Morgan fingerprint density at radius 3 is 2.76 bits per heavy atom. The molecule has 1 aliphatic rings. The molecule has 0 atom stereocenters. The van der Waals surface area contributed by atoms with Crippen LogP contribution < -0.4 is 4.90 Å². The molecular formula is C18H21BrN4O2. The van der Waals surface area contributed by atoms with E-state index < -0.39 is 0 Å². The summed E-state index contributed by atoms with van der Waals surface area (Å²) in [7, 11) is 0. The fourth-order valence-corrected chi connectivity index (χ4v) is 3.27. The van der Waals surface area contributed by atoms with Crippen LogP contribution in [0.15, 0.2) is 34.9 Å². The number of aromatic nitrogens is 2. The highest BCUT2D eigenvalue weighted by molar-refractivity contribution is 9.10. The van der Waals surface area contributed by atoms with Gasteiger partial charge >= 0.3 is 0 Å². The Balaban J connectivity index is 1.78. The van der Waals surface area contributed by atoms with E-state index in [1.807, 2.05) is 19.1 Å². The van der Waals surface area contributed by atoms with Crippen molar-refractivity contribution in [2.45, 2.75) is 6.92 Å². The molecule has 0 bridgehead atoms. The number of nitrogens with zero attached hydrogens (tertiary/aromatic N) is 4. The zero-order valence-corrected chi connectivity index (χ0v) is 15.7. The zero-order valence-electron chi connectivity index (χ0n) is 14.2. The third kappa shape index (κ3) is 4.23. The molecule has 0 radical (unpaired) electrons. The highest BCUT2D eigenvalue weighted by atomic mass is 79.9. The van der Waals surface area contributed by atoms with Gasteiger partial charge in [0.05, 0.1) is 6.61 Å². The summed E-state index contributed by atoms with van der Waals surface area (Å²) in [5.74, 6) is 0.696. The number of pyridine rings is 2. The lowest BCUT2D eigenvalue weighted by molar-refractivity contribution is 0.103. The van der Waals surface area contributed by atoms with Crippen LogP contribution in [0.1, 0.15) is 21.7 Å². The summed E-state index contributed by atoms with van der Waals surface area (Å²) in [6.07, 6.45) is 1.68. The Morgan fingerprint density at radius 2 is 2.04 bits per heavy atom. The predicted octanol–water partition coefficient (Wildman–Crippen LogP) is 1.89. The second-order valence-corrected chi connectivity index (χ2v) is 6.96. The molecule has 25 heavy (non-hydrogen) atoms. The van der Waals surface area contributed by atoms with Crippen molar-refractivity contribution < 1.29 is 9.90 Å². The topological polar surface area (TPSA) is 69.6 Å². The average molecular weight is 405 g/mol. The Labute approximate surface area is 155 Å². The normalized spacial score (nSPS) is 15.4. The number of carbonyl (C=O) groups excluding carboxylic acids is 1. The van der Waals surface area contributed by atoms with Crippen LogP contribution in [0.4, 0.5) is 5.82 Å². The maximum absolute atomic E-state index is 12.8. The Morgan fingerprint density at radius 1 is 1.28 bits per heavy atom. The maximum Gasteiger partial charge on any atom is 0.213 e. The molecule has 3 heterocycles. The molecule has 0 saturated carbocycles. The molecule has 1 saturated heterocycles. The number of carbonyl (C=O) groups is 1. The van der Waals surface area contributed by atoms with Crippen LogP contribution in [0, 0.1) is 6.92 Å². The summed E-state index contributed by atoms with van der Waals surface area (Å²) < 4.78 is 0.776. The molecule has 0 aromatic carbocycles. The third-order valence-electron chi connectivity index (χ3n) is 4.38. The van der Waals surface area contributed by atoms with E-state index in [9.17, 15) is 4.79 Å². The van der Waals surface area contributed by atoms with E-state index in [2.05, 4.69) is 35.7 Å². The van der Waals surface area contributed by atoms with Crippen LogP contribution in [0.2, 0.25) is 0 Å². The molecule has 0 aliphatic carbocycles.